The van der Waals surface area contributed by atoms with Crippen LogP contribution in [0.3, 0.4) is 0 Å². The predicted molar refractivity (Wildman–Crippen MR) is 34.8 cm³/mol. The zero-order chi connectivity index (χ0) is 7.70. The zero-order valence-corrected chi connectivity index (χ0v) is 8.09. The number of hydrogen-bond donors (Lipinski definition) is 0. The van der Waals surface area contributed by atoms with Gasteiger partial charge in [0.25, 0.3) is 0 Å². The molecule has 0 N–H and O–H groups in total. The molecule has 0 saturated heterocycles. The van der Waals surface area contributed by atoms with Gasteiger partial charge in [-0.25, -0.2) is 0 Å². The molecule has 2 heteroatoms. The Morgan fingerprint density at radius 2 is 1.22 bits per heavy atom. The first-order valence-electron chi connectivity index (χ1n) is 3.39. The fraction of sp³-hybridized carbons (Fsp3) is 0.857. The Kier molecular flexibility index (Phi) is 15.4. The zero-order valence-electron chi connectivity index (χ0n) is 6.53. The van der Waals surface area contributed by atoms with Crippen molar-refractivity contribution < 1.29 is 23.7 Å². The van der Waals surface area contributed by atoms with E-state index in [9.17, 15) is 0 Å². The summed E-state index contributed by atoms with van der Waals surface area (Å²) >= 11 is 0.750. The van der Waals surface area contributed by atoms with Crippen LogP contribution in [-0.2, 0) is 23.7 Å². The second-order valence-electron chi connectivity index (χ2n) is 1.81. The van der Waals surface area contributed by atoms with Crippen LogP contribution in [0.2, 0.25) is 0 Å². The molecular weight excluding hydrogens is 148 g/mol. The predicted octanol–water partition coefficient (Wildman–Crippen LogP) is 2.67. The molecule has 1 nitrogen and oxygen atoms in total. The van der Waals surface area contributed by atoms with Crippen LogP contribution >= 0.6 is 0 Å². The fourth-order valence-corrected chi connectivity index (χ4v) is 0.750. The third kappa shape index (κ3) is 8.51. The quantitative estimate of drug-likeness (QED) is 0.461. The van der Waals surface area contributed by atoms with Gasteiger partial charge in [0.15, 0.2) is 0 Å². The average molecular weight is 163 g/mol. The van der Waals surface area contributed by atoms with Gasteiger partial charge in [-0.2, -0.15) is 19.3 Å². The molecule has 0 radical (unpaired) electrons. The number of hydrogen-bond acceptors (Lipinski definition) is 1. The molecule has 0 aliphatic heterocycles. The maximum atomic E-state index is 8.25. The molecule has 53 valence electrons. The van der Waals surface area contributed by atoms with Crippen molar-refractivity contribution in [1.29, 1.82) is 0 Å². The van der Waals surface area contributed by atoms with Gasteiger partial charge in [-0.15, -0.1) is 0 Å². The second-order valence-corrected chi connectivity index (χ2v) is 1.81. The monoisotopic (exact) mass is 163 g/mol. The van der Waals surface area contributed by atoms with Gasteiger partial charge >= 0.3 is 23.7 Å². The van der Waals surface area contributed by atoms with E-state index in [-0.39, 0.29) is 0 Å². The van der Waals surface area contributed by atoms with E-state index in [4.69, 9.17) is 3.32 Å². The van der Waals surface area contributed by atoms with Crippen LogP contribution in [0.1, 0.15) is 40.0 Å². The van der Waals surface area contributed by atoms with E-state index in [1.807, 2.05) is 0 Å². The molecule has 0 rings (SSSR count). The van der Waals surface area contributed by atoms with Gasteiger partial charge in [-0.3, -0.25) is 0 Å². The van der Waals surface area contributed by atoms with Crippen LogP contribution in [0.4, 0.5) is 0 Å². The maximum absolute atomic E-state index is 8.25. The standard InChI is InChI=1S/C7H15.O.Ti/c1-4-7(5-2)6-3;;/h4-6H2,1-3H3;;/q-1;;+1. The Labute approximate surface area is 70.0 Å². The first-order chi connectivity index (χ1) is 4.35. The van der Waals surface area contributed by atoms with Crippen molar-refractivity contribution in [2.24, 2.45) is 0 Å². The van der Waals surface area contributed by atoms with Crippen molar-refractivity contribution in [3.63, 3.8) is 0 Å². The first-order valence-corrected chi connectivity index (χ1v) is 4.02. The summed E-state index contributed by atoms with van der Waals surface area (Å²) in [4.78, 5) is 0. The summed E-state index contributed by atoms with van der Waals surface area (Å²) in [5.74, 6) is 1.68. The van der Waals surface area contributed by atoms with Crippen molar-refractivity contribution in [2.75, 3.05) is 0 Å². The molecule has 0 fully saturated rings. The second kappa shape index (κ2) is 11.3. The van der Waals surface area contributed by atoms with E-state index in [1.54, 1.807) is 5.92 Å². The average Bonchev–Trinajstić information content (AvgIpc) is 1.96. The van der Waals surface area contributed by atoms with Crippen LogP contribution in [0.5, 0.6) is 0 Å². The van der Waals surface area contributed by atoms with Crippen LogP contribution in [0.25, 0.3) is 0 Å². The molecule has 0 bridgehead atoms. The Morgan fingerprint density at radius 3 is 1.22 bits per heavy atom. The third-order valence-corrected chi connectivity index (χ3v) is 1.50. The molecule has 0 spiro atoms. The van der Waals surface area contributed by atoms with Gasteiger partial charge in [0.2, 0.25) is 0 Å². The summed E-state index contributed by atoms with van der Waals surface area (Å²) in [5, 5.41) is 0. The molecule has 0 aromatic rings. The van der Waals surface area contributed by atoms with E-state index in [0.29, 0.717) is 0 Å². The molecule has 0 heterocycles. The molecule has 0 aliphatic rings. The van der Waals surface area contributed by atoms with Crippen molar-refractivity contribution >= 4 is 0 Å². The van der Waals surface area contributed by atoms with Crippen molar-refractivity contribution in [3.8, 4) is 0 Å². The van der Waals surface area contributed by atoms with E-state index in [0.717, 1.165) is 20.4 Å². The minimum absolute atomic E-state index is 0.750. The first kappa shape index (κ1) is 12.2. The summed E-state index contributed by atoms with van der Waals surface area (Å²) < 4.78 is 8.25. The molecule has 0 atom stereocenters. The van der Waals surface area contributed by atoms with Crippen LogP contribution in [0.15, 0.2) is 0 Å². The Balaban J connectivity index is 0. The normalized spacial score (nSPS) is 8.67. The van der Waals surface area contributed by atoms with Gasteiger partial charge in [0.05, 0.1) is 0 Å². The van der Waals surface area contributed by atoms with Gasteiger partial charge in [-0.1, -0.05) is 20.8 Å². The molecule has 0 unspecified atom stereocenters. The van der Waals surface area contributed by atoms with E-state index < -0.39 is 0 Å². The van der Waals surface area contributed by atoms with Crippen molar-refractivity contribution in [1.82, 2.24) is 0 Å². The molecule has 0 amide bonds. The van der Waals surface area contributed by atoms with E-state index in [1.165, 1.54) is 19.3 Å². The minimum atomic E-state index is 0.750. The van der Waals surface area contributed by atoms with Gasteiger partial charge in [-0.05, 0) is 0 Å². The van der Waals surface area contributed by atoms with Crippen molar-refractivity contribution in [2.45, 2.75) is 40.0 Å². The summed E-state index contributed by atoms with van der Waals surface area (Å²) in [6, 6.07) is 0. The molecular formula is C7H15OTi. The van der Waals surface area contributed by atoms with Gasteiger partial charge in [0, 0.05) is 0 Å². The molecule has 0 aliphatic carbocycles. The summed E-state index contributed by atoms with van der Waals surface area (Å²) in [6.45, 7) is 6.67. The van der Waals surface area contributed by atoms with Gasteiger partial charge in [0.1, 0.15) is 0 Å². The third-order valence-electron chi connectivity index (χ3n) is 1.50. The molecule has 0 aromatic carbocycles. The summed E-state index contributed by atoms with van der Waals surface area (Å²) in [7, 11) is 0. The van der Waals surface area contributed by atoms with E-state index >= 15 is 0 Å². The Morgan fingerprint density at radius 1 is 1.00 bits per heavy atom. The topological polar surface area (TPSA) is 17.1 Å². The molecule has 0 saturated carbocycles. The van der Waals surface area contributed by atoms with Crippen LogP contribution in [-0.4, -0.2) is 0 Å². The Hall–Kier alpha value is 0.514. The SMILES string of the molecule is CC[C-](CC)CC.[O]=[Ti+]. The van der Waals surface area contributed by atoms with Crippen molar-refractivity contribution in [3.05, 3.63) is 5.92 Å². The number of rotatable bonds is 3. The summed E-state index contributed by atoms with van der Waals surface area (Å²) in [6.07, 6.45) is 3.81. The van der Waals surface area contributed by atoms with Crippen LogP contribution in [0, 0.1) is 5.92 Å². The summed E-state index contributed by atoms with van der Waals surface area (Å²) in [5.41, 5.74) is 0. The van der Waals surface area contributed by atoms with Gasteiger partial charge < -0.3 is 5.92 Å². The molecule has 0 aromatic heterocycles. The van der Waals surface area contributed by atoms with Crippen LogP contribution < -0.4 is 0 Å². The van der Waals surface area contributed by atoms with E-state index in [2.05, 4.69) is 20.8 Å². The Bertz CT molecular complexity index is 38.7. The molecule has 9 heavy (non-hydrogen) atoms. The fourth-order valence-electron chi connectivity index (χ4n) is 0.750.